The van der Waals surface area contributed by atoms with Crippen LogP contribution >= 0.6 is 11.6 Å². The van der Waals surface area contributed by atoms with Gasteiger partial charge in [-0.15, -0.1) is 0 Å². The topological polar surface area (TPSA) is 69.7 Å². The van der Waals surface area contributed by atoms with Crippen LogP contribution in [0.25, 0.3) is 0 Å². The smallest absolute Gasteiger partial charge is 0.244 e. The molecule has 1 aromatic rings. The molecule has 1 N–H and O–H groups in total. The zero-order valence-electron chi connectivity index (χ0n) is 12.6. The summed E-state index contributed by atoms with van der Waals surface area (Å²) in [5, 5.41) is 2.83. The Bertz CT molecular complexity index is 642. The Morgan fingerprint density at radius 2 is 1.82 bits per heavy atom. The Morgan fingerprint density at radius 3 is 2.36 bits per heavy atom. The monoisotopic (exact) mass is 345 g/mol. The van der Waals surface area contributed by atoms with E-state index in [0.717, 1.165) is 0 Å². The van der Waals surface area contributed by atoms with Crippen molar-refractivity contribution in [2.45, 2.75) is 17.9 Å². The lowest BCUT2D eigenvalue weighted by atomic mass is 10.2. The van der Waals surface area contributed by atoms with E-state index < -0.39 is 10.0 Å². The molecule has 1 fully saturated rings. The molecule has 6 nitrogen and oxygen atoms in total. The molecule has 0 spiro atoms. The van der Waals surface area contributed by atoms with Crippen molar-refractivity contribution < 1.29 is 13.2 Å². The lowest BCUT2D eigenvalue weighted by Gasteiger charge is -2.36. The van der Waals surface area contributed by atoms with Gasteiger partial charge in [-0.05, 0) is 19.1 Å². The van der Waals surface area contributed by atoms with Crippen LogP contribution in [-0.4, -0.2) is 62.8 Å². The summed E-state index contributed by atoms with van der Waals surface area (Å²) >= 11 is 6.00. The van der Waals surface area contributed by atoms with E-state index in [0.29, 0.717) is 26.2 Å². The molecule has 1 amide bonds. The van der Waals surface area contributed by atoms with E-state index in [1.165, 1.54) is 10.4 Å². The number of carbonyl (C=O) groups excluding carboxylic acids is 1. The molecule has 22 heavy (non-hydrogen) atoms. The predicted octanol–water partition coefficient (Wildman–Crippen LogP) is 0.781. The van der Waals surface area contributed by atoms with Crippen LogP contribution in [0, 0.1) is 0 Å². The van der Waals surface area contributed by atoms with Crippen LogP contribution in [0.15, 0.2) is 29.2 Å². The van der Waals surface area contributed by atoms with Crippen molar-refractivity contribution in [2.24, 2.45) is 0 Å². The lowest BCUT2D eigenvalue weighted by molar-refractivity contribution is -0.125. The SMILES string of the molecule is CNC(=O)[C@@H](C)N1CCN(S(=O)(=O)c2ccccc2Cl)CC1. The van der Waals surface area contributed by atoms with Crippen LogP contribution in [-0.2, 0) is 14.8 Å². The van der Waals surface area contributed by atoms with Gasteiger partial charge < -0.3 is 5.32 Å². The van der Waals surface area contributed by atoms with Crippen molar-refractivity contribution in [3.8, 4) is 0 Å². The molecule has 1 saturated heterocycles. The van der Waals surface area contributed by atoms with Crippen molar-refractivity contribution in [3.05, 3.63) is 29.3 Å². The summed E-state index contributed by atoms with van der Waals surface area (Å²) in [6, 6.07) is 6.16. The van der Waals surface area contributed by atoms with Crippen molar-refractivity contribution in [3.63, 3.8) is 0 Å². The van der Waals surface area contributed by atoms with Gasteiger partial charge in [-0.25, -0.2) is 8.42 Å². The van der Waals surface area contributed by atoms with E-state index in [4.69, 9.17) is 11.6 Å². The van der Waals surface area contributed by atoms with Crippen LogP contribution in [0.2, 0.25) is 5.02 Å². The molecule has 1 heterocycles. The molecule has 0 aliphatic carbocycles. The standard InChI is InChI=1S/C14H20ClN3O3S/c1-11(14(19)16-2)17-7-9-18(10-8-17)22(20,21)13-6-4-3-5-12(13)15/h3-6,11H,7-10H2,1-2H3,(H,16,19)/t11-/m1/s1. The first-order chi connectivity index (χ1) is 10.4. The predicted molar refractivity (Wildman–Crippen MR) is 85.3 cm³/mol. The molecule has 0 radical (unpaired) electrons. The van der Waals surface area contributed by atoms with Crippen LogP contribution in [0.5, 0.6) is 0 Å². The molecule has 0 unspecified atom stereocenters. The zero-order chi connectivity index (χ0) is 16.3. The second kappa shape index (κ2) is 6.95. The first-order valence-electron chi connectivity index (χ1n) is 7.08. The number of hydrogen-bond donors (Lipinski definition) is 1. The summed E-state index contributed by atoms with van der Waals surface area (Å²) in [7, 11) is -2.00. The second-order valence-corrected chi connectivity index (χ2v) is 7.47. The quantitative estimate of drug-likeness (QED) is 0.875. The number of rotatable bonds is 4. The number of hydrogen-bond acceptors (Lipinski definition) is 4. The average Bonchev–Trinajstić information content (AvgIpc) is 2.53. The number of benzene rings is 1. The summed E-state index contributed by atoms with van der Waals surface area (Å²) in [6.45, 7) is 3.53. The summed E-state index contributed by atoms with van der Waals surface area (Å²) < 4.78 is 26.7. The first-order valence-corrected chi connectivity index (χ1v) is 8.90. The third-order valence-electron chi connectivity index (χ3n) is 3.90. The third-order valence-corrected chi connectivity index (χ3v) is 6.30. The maximum atomic E-state index is 12.6. The number of halogens is 1. The lowest BCUT2D eigenvalue weighted by Crippen LogP contribution is -2.54. The van der Waals surface area contributed by atoms with Crippen LogP contribution in [0.4, 0.5) is 0 Å². The van der Waals surface area contributed by atoms with Crippen LogP contribution in [0.1, 0.15) is 6.92 Å². The molecular formula is C14H20ClN3O3S. The maximum Gasteiger partial charge on any atom is 0.244 e. The van der Waals surface area contributed by atoms with E-state index in [1.807, 2.05) is 11.8 Å². The molecule has 1 aliphatic rings. The molecule has 0 saturated carbocycles. The molecular weight excluding hydrogens is 326 g/mol. The van der Waals surface area contributed by atoms with Crippen molar-refractivity contribution in [2.75, 3.05) is 33.2 Å². The molecule has 0 bridgehead atoms. The molecule has 122 valence electrons. The van der Waals surface area contributed by atoms with Gasteiger partial charge in [-0.2, -0.15) is 4.31 Å². The maximum absolute atomic E-state index is 12.6. The fourth-order valence-corrected chi connectivity index (χ4v) is 4.41. The van der Waals surface area contributed by atoms with Crippen molar-refractivity contribution in [1.82, 2.24) is 14.5 Å². The minimum absolute atomic E-state index is 0.0672. The number of likely N-dealkylation sites (N-methyl/N-ethyl adjacent to an activating group) is 1. The molecule has 2 rings (SSSR count). The van der Waals surface area contributed by atoms with Gasteiger partial charge >= 0.3 is 0 Å². The summed E-state index contributed by atoms with van der Waals surface area (Å²) in [5.74, 6) is -0.0672. The highest BCUT2D eigenvalue weighted by Crippen LogP contribution is 2.25. The minimum atomic E-state index is -3.59. The number of piperazine rings is 1. The van der Waals surface area contributed by atoms with Gasteiger partial charge in [-0.1, -0.05) is 23.7 Å². The van der Waals surface area contributed by atoms with Gasteiger partial charge in [0.05, 0.1) is 11.1 Å². The number of nitrogens with zero attached hydrogens (tertiary/aromatic N) is 2. The van der Waals surface area contributed by atoms with Crippen LogP contribution < -0.4 is 5.32 Å². The first kappa shape index (κ1) is 17.2. The fraction of sp³-hybridized carbons (Fsp3) is 0.500. The zero-order valence-corrected chi connectivity index (χ0v) is 14.2. The fourth-order valence-electron chi connectivity index (χ4n) is 2.50. The van der Waals surface area contributed by atoms with Gasteiger partial charge in [0.2, 0.25) is 15.9 Å². The second-order valence-electron chi connectivity index (χ2n) is 5.16. The highest BCUT2D eigenvalue weighted by molar-refractivity contribution is 7.89. The summed E-state index contributed by atoms with van der Waals surface area (Å²) in [6.07, 6.45) is 0. The highest BCUT2D eigenvalue weighted by atomic mass is 35.5. The van der Waals surface area contributed by atoms with E-state index in [9.17, 15) is 13.2 Å². The van der Waals surface area contributed by atoms with E-state index >= 15 is 0 Å². The Morgan fingerprint density at radius 1 is 1.23 bits per heavy atom. The molecule has 0 aromatic heterocycles. The third kappa shape index (κ3) is 3.43. The van der Waals surface area contributed by atoms with Gasteiger partial charge in [0.15, 0.2) is 0 Å². The number of amides is 1. The normalized spacial score (nSPS) is 18.9. The highest BCUT2D eigenvalue weighted by Gasteiger charge is 2.32. The van der Waals surface area contributed by atoms with Crippen LogP contribution in [0.3, 0.4) is 0 Å². The minimum Gasteiger partial charge on any atom is -0.358 e. The Labute approximate surface area is 136 Å². The van der Waals surface area contributed by atoms with E-state index in [2.05, 4.69) is 5.32 Å². The molecule has 1 atom stereocenters. The average molecular weight is 346 g/mol. The van der Waals surface area contributed by atoms with Gasteiger partial charge in [0.25, 0.3) is 0 Å². The number of nitrogens with one attached hydrogen (secondary N) is 1. The molecule has 8 heteroatoms. The Balaban J connectivity index is 2.08. The summed E-state index contributed by atoms with van der Waals surface area (Å²) in [5.41, 5.74) is 0. The van der Waals surface area contributed by atoms with Crippen molar-refractivity contribution in [1.29, 1.82) is 0 Å². The largest absolute Gasteiger partial charge is 0.358 e. The molecule has 1 aromatic carbocycles. The van der Waals surface area contributed by atoms with Gasteiger partial charge in [0, 0.05) is 33.2 Å². The number of sulfonamides is 1. The molecule has 1 aliphatic heterocycles. The van der Waals surface area contributed by atoms with Gasteiger partial charge in [0.1, 0.15) is 4.90 Å². The van der Waals surface area contributed by atoms with E-state index in [1.54, 1.807) is 25.2 Å². The summed E-state index contributed by atoms with van der Waals surface area (Å²) in [4.78, 5) is 13.8. The van der Waals surface area contributed by atoms with Crippen molar-refractivity contribution >= 4 is 27.5 Å². The Hall–Kier alpha value is -1.15. The number of carbonyl (C=O) groups is 1. The van der Waals surface area contributed by atoms with Gasteiger partial charge in [-0.3, -0.25) is 9.69 Å². The Kier molecular flexibility index (Phi) is 5.44. The van der Waals surface area contributed by atoms with E-state index in [-0.39, 0.29) is 21.9 Å².